The van der Waals surface area contributed by atoms with Gasteiger partial charge in [0.25, 0.3) is 0 Å². The summed E-state index contributed by atoms with van der Waals surface area (Å²) in [4.78, 5) is 38.4. The fourth-order valence-electron chi connectivity index (χ4n) is 4.93. The number of phenolic OH excluding ortho intramolecular Hbond substituents is 2. The van der Waals surface area contributed by atoms with E-state index in [9.17, 15) is 45.0 Å². The number of rotatable bonds is 2. The van der Waals surface area contributed by atoms with E-state index in [1.54, 1.807) is 0 Å². The highest BCUT2D eigenvalue weighted by molar-refractivity contribution is 6.31. The standard InChI is InChI=1S/C25H18O10/c1-7-3-9-16(23(31)14(7)25(33)34)17-11(22(30)21(9)29)6-12-18(24(17)32)20(28)10-4-8(35-2)5-13(26)15(10)19(12)27/h3-6,21-22,26,29-32H,1-2H3,(H,33,34)/t21-,22-/m0/s1. The molecule has 2 aliphatic rings. The van der Waals surface area contributed by atoms with Crippen molar-refractivity contribution < 1.29 is 49.8 Å². The Labute approximate surface area is 196 Å². The van der Waals surface area contributed by atoms with Crippen molar-refractivity contribution in [2.75, 3.05) is 7.11 Å². The minimum Gasteiger partial charge on any atom is -0.507 e. The lowest BCUT2D eigenvalue weighted by Gasteiger charge is -2.33. The van der Waals surface area contributed by atoms with Crippen LogP contribution in [0.1, 0.15) is 71.1 Å². The summed E-state index contributed by atoms with van der Waals surface area (Å²) in [5.41, 5.74) is -2.55. The Hall–Kier alpha value is -4.41. The highest BCUT2D eigenvalue weighted by atomic mass is 16.5. The number of aliphatic hydroxyl groups is 2. The first-order valence-electron chi connectivity index (χ1n) is 10.4. The van der Waals surface area contributed by atoms with Crippen LogP contribution >= 0.6 is 0 Å². The molecule has 10 nitrogen and oxygen atoms in total. The summed E-state index contributed by atoms with van der Waals surface area (Å²) in [5.74, 6) is -5.12. The van der Waals surface area contributed by atoms with Gasteiger partial charge in [0.05, 0.1) is 18.2 Å². The lowest BCUT2D eigenvalue weighted by Crippen LogP contribution is -2.25. The first kappa shape index (κ1) is 22.4. The second-order valence-corrected chi connectivity index (χ2v) is 8.42. The van der Waals surface area contributed by atoms with E-state index in [0.717, 1.165) is 12.1 Å². The second-order valence-electron chi connectivity index (χ2n) is 8.42. The Balaban J connectivity index is 1.88. The van der Waals surface area contributed by atoms with Gasteiger partial charge in [0.15, 0.2) is 11.6 Å². The zero-order valence-electron chi connectivity index (χ0n) is 18.3. The summed E-state index contributed by atoms with van der Waals surface area (Å²) in [6, 6.07) is 4.73. The normalized spacial score (nSPS) is 17.8. The second kappa shape index (κ2) is 7.29. The number of ether oxygens (including phenoxy) is 1. The summed E-state index contributed by atoms with van der Waals surface area (Å²) in [7, 11) is 1.30. The molecule has 0 radical (unpaired) electrons. The number of aryl methyl sites for hydroxylation is 1. The number of hydrogen-bond donors (Lipinski definition) is 6. The average molecular weight is 478 g/mol. The quantitative estimate of drug-likeness (QED) is 0.250. The summed E-state index contributed by atoms with van der Waals surface area (Å²) in [5, 5.41) is 63.6. The maximum atomic E-state index is 13.4. The van der Waals surface area contributed by atoms with Crippen molar-refractivity contribution >= 4 is 17.5 Å². The van der Waals surface area contributed by atoms with Crippen molar-refractivity contribution in [3.05, 3.63) is 68.8 Å². The Bertz CT molecular complexity index is 1520. The monoisotopic (exact) mass is 478 g/mol. The highest BCUT2D eigenvalue weighted by Gasteiger charge is 2.42. The molecule has 3 aromatic carbocycles. The number of phenols is 3. The SMILES string of the molecule is COc1cc(O)c2c(c1)C(=O)c1c(cc3c(c1O)-c1c(cc(C)c(C(=O)O)c1O)[C@H](O)[C@H]3O)C2=O. The molecule has 5 rings (SSSR count). The van der Waals surface area contributed by atoms with Gasteiger partial charge >= 0.3 is 5.97 Å². The summed E-state index contributed by atoms with van der Waals surface area (Å²) in [6.45, 7) is 1.39. The van der Waals surface area contributed by atoms with E-state index in [2.05, 4.69) is 0 Å². The molecule has 3 aromatic rings. The predicted octanol–water partition coefficient (Wildman–Crippen LogP) is 2.34. The molecule has 10 heteroatoms. The molecule has 35 heavy (non-hydrogen) atoms. The number of carbonyl (C=O) groups excluding carboxylic acids is 2. The molecule has 0 spiro atoms. The fraction of sp³-hybridized carbons (Fsp3) is 0.160. The van der Waals surface area contributed by atoms with Gasteiger partial charge in [-0.2, -0.15) is 0 Å². The molecule has 0 aromatic heterocycles. The molecule has 0 saturated heterocycles. The summed E-state index contributed by atoms with van der Waals surface area (Å²) >= 11 is 0. The number of hydrogen-bond acceptors (Lipinski definition) is 9. The third-order valence-corrected chi connectivity index (χ3v) is 6.53. The van der Waals surface area contributed by atoms with Gasteiger partial charge in [-0.25, -0.2) is 4.79 Å². The number of methoxy groups -OCH3 is 1. The first-order valence-corrected chi connectivity index (χ1v) is 10.4. The van der Waals surface area contributed by atoms with Crippen molar-refractivity contribution in [1.29, 1.82) is 0 Å². The van der Waals surface area contributed by atoms with Crippen molar-refractivity contribution in [1.82, 2.24) is 0 Å². The van der Waals surface area contributed by atoms with Crippen LogP contribution in [0, 0.1) is 6.92 Å². The van der Waals surface area contributed by atoms with Gasteiger partial charge in [0, 0.05) is 28.3 Å². The zero-order chi connectivity index (χ0) is 25.5. The van der Waals surface area contributed by atoms with Crippen LogP contribution in [0.5, 0.6) is 23.0 Å². The van der Waals surface area contributed by atoms with Crippen molar-refractivity contribution in [2.24, 2.45) is 0 Å². The van der Waals surface area contributed by atoms with E-state index >= 15 is 0 Å². The van der Waals surface area contributed by atoms with Gasteiger partial charge in [-0.1, -0.05) is 6.07 Å². The van der Waals surface area contributed by atoms with Crippen LogP contribution in [0.15, 0.2) is 24.3 Å². The largest absolute Gasteiger partial charge is 0.507 e. The maximum absolute atomic E-state index is 13.4. The number of aromatic carboxylic acids is 1. The van der Waals surface area contributed by atoms with Crippen molar-refractivity contribution in [3.8, 4) is 34.1 Å². The molecular formula is C25H18O10. The minimum absolute atomic E-state index is 0.0606. The van der Waals surface area contributed by atoms with Crippen molar-refractivity contribution in [3.63, 3.8) is 0 Å². The van der Waals surface area contributed by atoms with Crippen molar-refractivity contribution in [2.45, 2.75) is 19.1 Å². The number of carboxylic acids is 1. The lowest BCUT2D eigenvalue weighted by atomic mass is 9.74. The third kappa shape index (κ3) is 2.81. The molecular weight excluding hydrogens is 460 g/mol. The van der Waals surface area contributed by atoms with Gasteiger partial charge in [-0.05, 0) is 35.7 Å². The van der Waals surface area contributed by atoms with E-state index in [1.807, 2.05) is 0 Å². The first-order chi connectivity index (χ1) is 16.5. The molecule has 0 heterocycles. The van der Waals surface area contributed by atoms with E-state index in [-0.39, 0.29) is 50.3 Å². The molecule has 2 aliphatic carbocycles. The van der Waals surface area contributed by atoms with E-state index in [4.69, 9.17) is 4.74 Å². The Morgan fingerprint density at radius 2 is 1.34 bits per heavy atom. The molecule has 0 unspecified atom stereocenters. The van der Waals surface area contributed by atoms with Gasteiger partial charge in [-0.15, -0.1) is 0 Å². The van der Waals surface area contributed by atoms with Gasteiger partial charge < -0.3 is 35.4 Å². The molecule has 0 saturated carbocycles. The van der Waals surface area contributed by atoms with Gasteiger partial charge in [0.1, 0.15) is 40.8 Å². The van der Waals surface area contributed by atoms with Crippen LogP contribution in [-0.4, -0.2) is 55.3 Å². The van der Waals surface area contributed by atoms with Crippen LogP contribution in [0.2, 0.25) is 0 Å². The van der Waals surface area contributed by atoms with E-state index in [0.29, 0.717) is 0 Å². The van der Waals surface area contributed by atoms with Crippen LogP contribution in [0.25, 0.3) is 11.1 Å². The number of aromatic hydroxyl groups is 3. The van der Waals surface area contributed by atoms with Crippen LogP contribution < -0.4 is 4.74 Å². The number of carbonyl (C=O) groups is 3. The Morgan fingerprint density at radius 3 is 1.94 bits per heavy atom. The number of ketones is 2. The smallest absolute Gasteiger partial charge is 0.339 e. The van der Waals surface area contributed by atoms with Crippen LogP contribution in [-0.2, 0) is 0 Å². The minimum atomic E-state index is -1.68. The van der Waals surface area contributed by atoms with Gasteiger partial charge in [-0.3, -0.25) is 9.59 Å². The van der Waals surface area contributed by atoms with Crippen LogP contribution in [0.4, 0.5) is 0 Å². The number of aliphatic hydroxyl groups excluding tert-OH is 2. The Kier molecular flexibility index (Phi) is 4.66. The molecule has 178 valence electrons. The average Bonchev–Trinajstić information content (AvgIpc) is 2.79. The molecule has 2 atom stereocenters. The van der Waals surface area contributed by atoms with E-state index < -0.39 is 58.1 Å². The molecule has 0 bridgehead atoms. The molecule has 0 aliphatic heterocycles. The maximum Gasteiger partial charge on any atom is 0.339 e. The summed E-state index contributed by atoms with van der Waals surface area (Å²) in [6.07, 6.45) is -3.32. The van der Waals surface area contributed by atoms with Crippen LogP contribution in [0.3, 0.4) is 0 Å². The predicted molar refractivity (Wildman–Crippen MR) is 118 cm³/mol. The Morgan fingerprint density at radius 1 is 0.800 bits per heavy atom. The topological polar surface area (TPSA) is 182 Å². The number of fused-ring (bicyclic) bond motifs is 5. The zero-order valence-corrected chi connectivity index (χ0v) is 18.3. The molecule has 0 fully saturated rings. The highest BCUT2D eigenvalue weighted by Crippen LogP contribution is 2.55. The molecule has 0 amide bonds. The lowest BCUT2D eigenvalue weighted by molar-refractivity contribution is 0.0154. The number of benzene rings is 3. The summed E-state index contributed by atoms with van der Waals surface area (Å²) < 4.78 is 5.05. The van der Waals surface area contributed by atoms with E-state index in [1.165, 1.54) is 26.2 Å². The third-order valence-electron chi connectivity index (χ3n) is 6.53. The fourth-order valence-corrected chi connectivity index (χ4v) is 4.93. The van der Waals surface area contributed by atoms with Gasteiger partial charge in [0.2, 0.25) is 0 Å². The number of carboxylic acid groups (broad SMARTS) is 1. The molecule has 6 N–H and O–H groups in total.